The van der Waals surface area contributed by atoms with E-state index in [0.717, 1.165) is 11.6 Å². The van der Waals surface area contributed by atoms with E-state index >= 15 is 0 Å². The average molecular weight is 361 g/mol. The zero-order chi connectivity index (χ0) is 18.6. The van der Waals surface area contributed by atoms with E-state index in [4.69, 9.17) is 4.42 Å². The first-order chi connectivity index (χ1) is 12.4. The number of hydrogen-bond donors (Lipinski definition) is 2. The molecule has 0 aliphatic carbocycles. The molecule has 2 aromatic heterocycles. The predicted molar refractivity (Wildman–Crippen MR) is 89.2 cm³/mol. The SMILES string of the molecule is O=C(NCc1cncc(-c2ccco2)c1)Nc1ccccc1C(F)(F)F. The number of furan rings is 1. The van der Waals surface area contributed by atoms with Gasteiger partial charge in [0.05, 0.1) is 17.5 Å². The number of benzene rings is 1. The number of halogens is 3. The summed E-state index contributed by atoms with van der Waals surface area (Å²) >= 11 is 0. The number of pyridine rings is 1. The van der Waals surface area contributed by atoms with Crippen molar-refractivity contribution in [2.24, 2.45) is 0 Å². The van der Waals surface area contributed by atoms with Crippen LogP contribution >= 0.6 is 0 Å². The Balaban J connectivity index is 1.65. The molecule has 2 N–H and O–H groups in total. The lowest BCUT2D eigenvalue weighted by Gasteiger charge is -2.14. The number of urea groups is 1. The van der Waals surface area contributed by atoms with E-state index in [2.05, 4.69) is 15.6 Å². The Hall–Kier alpha value is -3.29. The van der Waals surface area contributed by atoms with Crippen molar-refractivity contribution in [3.8, 4) is 11.3 Å². The van der Waals surface area contributed by atoms with E-state index in [1.165, 1.54) is 24.5 Å². The molecule has 0 spiro atoms. The molecule has 26 heavy (non-hydrogen) atoms. The van der Waals surface area contributed by atoms with E-state index in [9.17, 15) is 18.0 Å². The van der Waals surface area contributed by atoms with Crippen LogP contribution in [0, 0.1) is 0 Å². The largest absolute Gasteiger partial charge is 0.464 e. The molecule has 1 aromatic carbocycles. The molecule has 2 amide bonds. The number of rotatable bonds is 4. The van der Waals surface area contributed by atoms with E-state index in [-0.39, 0.29) is 12.2 Å². The number of amides is 2. The molecule has 0 bridgehead atoms. The third kappa shape index (κ3) is 4.21. The molecule has 5 nitrogen and oxygen atoms in total. The summed E-state index contributed by atoms with van der Waals surface area (Å²) in [5, 5.41) is 4.73. The van der Waals surface area contributed by atoms with E-state index in [1.807, 2.05) is 0 Å². The first kappa shape index (κ1) is 17.5. The van der Waals surface area contributed by atoms with Gasteiger partial charge in [-0.3, -0.25) is 4.98 Å². The topological polar surface area (TPSA) is 67.2 Å². The van der Waals surface area contributed by atoms with Crippen molar-refractivity contribution in [1.29, 1.82) is 0 Å². The standard InChI is InChI=1S/C18H14F3N3O2/c19-18(20,21)14-4-1-2-5-15(14)24-17(25)23-10-12-8-13(11-22-9-12)16-6-3-7-26-16/h1-9,11H,10H2,(H2,23,24,25). The Labute approximate surface area is 146 Å². The first-order valence-corrected chi connectivity index (χ1v) is 7.62. The van der Waals surface area contributed by atoms with Crippen LogP contribution in [-0.2, 0) is 12.7 Å². The lowest BCUT2D eigenvalue weighted by molar-refractivity contribution is -0.136. The summed E-state index contributed by atoms with van der Waals surface area (Å²) in [7, 11) is 0. The third-order valence-corrected chi connectivity index (χ3v) is 3.53. The van der Waals surface area contributed by atoms with Gasteiger partial charge in [0, 0.05) is 24.5 Å². The summed E-state index contributed by atoms with van der Waals surface area (Å²) < 4.78 is 44.1. The maximum Gasteiger partial charge on any atom is 0.418 e. The van der Waals surface area contributed by atoms with Gasteiger partial charge in [0.1, 0.15) is 5.76 Å². The predicted octanol–water partition coefficient (Wildman–Crippen LogP) is 4.68. The fourth-order valence-corrected chi connectivity index (χ4v) is 2.35. The molecule has 0 saturated carbocycles. The lowest BCUT2D eigenvalue weighted by atomic mass is 10.1. The Morgan fingerprint density at radius 1 is 1.12 bits per heavy atom. The zero-order valence-corrected chi connectivity index (χ0v) is 13.4. The maximum absolute atomic E-state index is 12.9. The summed E-state index contributed by atoms with van der Waals surface area (Å²) in [4.78, 5) is 16.0. The highest BCUT2D eigenvalue weighted by Gasteiger charge is 2.33. The summed E-state index contributed by atoms with van der Waals surface area (Å²) in [6.45, 7) is 0.0988. The van der Waals surface area contributed by atoms with Gasteiger partial charge in [0.15, 0.2) is 0 Å². The fraction of sp³-hybridized carbons (Fsp3) is 0.111. The molecular formula is C18H14F3N3O2. The summed E-state index contributed by atoms with van der Waals surface area (Å²) in [6, 6.07) is 9.33. The minimum absolute atomic E-state index is 0.0988. The van der Waals surface area contributed by atoms with Crippen LogP contribution in [0.3, 0.4) is 0 Å². The molecule has 0 aliphatic rings. The molecule has 134 valence electrons. The number of nitrogens with one attached hydrogen (secondary N) is 2. The Morgan fingerprint density at radius 3 is 2.65 bits per heavy atom. The highest BCUT2D eigenvalue weighted by molar-refractivity contribution is 5.90. The van der Waals surface area contributed by atoms with Crippen LogP contribution in [0.2, 0.25) is 0 Å². The number of para-hydroxylation sites is 1. The van der Waals surface area contributed by atoms with Gasteiger partial charge in [-0.25, -0.2) is 4.79 Å². The van der Waals surface area contributed by atoms with E-state index in [1.54, 1.807) is 30.6 Å². The van der Waals surface area contributed by atoms with Crippen molar-refractivity contribution in [3.63, 3.8) is 0 Å². The Kier molecular flexibility index (Phi) is 4.92. The molecule has 3 aromatic rings. The first-order valence-electron chi connectivity index (χ1n) is 7.62. The maximum atomic E-state index is 12.9. The lowest BCUT2D eigenvalue weighted by Crippen LogP contribution is -2.29. The van der Waals surface area contributed by atoms with Gasteiger partial charge >= 0.3 is 12.2 Å². The van der Waals surface area contributed by atoms with Crippen LogP contribution in [0.1, 0.15) is 11.1 Å². The van der Waals surface area contributed by atoms with Crippen molar-refractivity contribution in [2.45, 2.75) is 12.7 Å². The average Bonchev–Trinajstić information content (AvgIpc) is 3.14. The van der Waals surface area contributed by atoms with Gasteiger partial charge in [-0.05, 0) is 35.9 Å². The van der Waals surface area contributed by atoms with Gasteiger partial charge in [-0.1, -0.05) is 12.1 Å². The molecule has 0 fully saturated rings. The molecule has 0 saturated heterocycles. The number of carbonyl (C=O) groups is 1. The monoisotopic (exact) mass is 361 g/mol. The molecule has 0 aliphatic heterocycles. The van der Waals surface area contributed by atoms with Crippen LogP contribution in [0.15, 0.2) is 65.5 Å². The normalized spacial score (nSPS) is 11.2. The van der Waals surface area contributed by atoms with Crippen LogP contribution < -0.4 is 10.6 Å². The van der Waals surface area contributed by atoms with Gasteiger partial charge in [-0.15, -0.1) is 0 Å². The van der Waals surface area contributed by atoms with Crippen molar-refractivity contribution >= 4 is 11.7 Å². The van der Waals surface area contributed by atoms with Crippen LogP contribution in [0.5, 0.6) is 0 Å². The number of alkyl halides is 3. The van der Waals surface area contributed by atoms with Gasteiger partial charge in [-0.2, -0.15) is 13.2 Å². The van der Waals surface area contributed by atoms with Gasteiger partial charge in [0.25, 0.3) is 0 Å². The molecule has 2 heterocycles. The number of hydrogen-bond acceptors (Lipinski definition) is 3. The molecule has 0 unspecified atom stereocenters. The number of nitrogens with zero attached hydrogens (tertiary/aromatic N) is 1. The van der Waals surface area contributed by atoms with Crippen molar-refractivity contribution < 1.29 is 22.4 Å². The molecule has 3 rings (SSSR count). The number of aromatic nitrogens is 1. The minimum atomic E-state index is -4.55. The Bertz CT molecular complexity index is 893. The minimum Gasteiger partial charge on any atom is -0.464 e. The number of carbonyl (C=O) groups excluding carboxylic acids is 1. The highest BCUT2D eigenvalue weighted by atomic mass is 19.4. The van der Waals surface area contributed by atoms with E-state index < -0.39 is 17.8 Å². The highest BCUT2D eigenvalue weighted by Crippen LogP contribution is 2.34. The van der Waals surface area contributed by atoms with Gasteiger partial charge in [0.2, 0.25) is 0 Å². The van der Waals surface area contributed by atoms with Crippen LogP contribution in [-0.4, -0.2) is 11.0 Å². The second-order valence-corrected chi connectivity index (χ2v) is 5.41. The Morgan fingerprint density at radius 2 is 1.92 bits per heavy atom. The molecular weight excluding hydrogens is 347 g/mol. The smallest absolute Gasteiger partial charge is 0.418 e. The number of anilines is 1. The molecule has 8 heteroatoms. The molecule has 0 atom stereocenters. The summed E-state index contributed by atoms with van der Waals surface area (Å²) in [5.74, 6) is 0.628. The van der Waals surface area contributed by atoms with Crippen molar-refractivity contribution in [2.75, 3.05) is 5.32 Å². The van der Waals surface area contributed by atoms with Crippen molar-refractivity contribution in [3.05, 3.63) is 72.2 Å². The second-order valence-electron chi connectivity index (χ2n) is 5.41. The fourth-order valence-electron chi connectivity index (χ4n) is 2.35. The van der Waals surface area contributed by atoms with Crippen LogP contribution in [0.25, 0.3) is 11.3 Å². The third-order valence-electron chi connectivity index (χ3n) is 3.53. The summed E-state index contributed by atoms with van der Waals surface area (Å²) in [5.41, 5.74) is 0.201. The summed E-state index contributed by atoms with van der Waals surface area (Å²) in [6.07, 6.45) is 0.148. The van der Waals surface area contributed by atoms with Crippen molar-refractivity contribution in [1.82, 2.24) is 10.3 Å². The zero-order valence-electron chi connectivity index (χ0n) is 13.4. The quantitative estimate of drug-likeness (QED) is 0.709. The van der Waals surface area contributed by atoms with Gasteiger partial charge < -0.3 is 15.1 Å². The second kappa shape index (κ2) is 7.30. The molecule has 0 radical (unpaired) electrons. The van der Waals surface area contributed by atoms with Crippen LogP contribution in [0.4, 0.5) is 23.7 Å². The van der Waals surface area contributed by atoms with E-state index in [0.29, 0.717) is 11.3 Å².